The number of benzene rings is 1. The van der Waals surface area contributed by atoms with Crippen LogP contribution in [-0.2, 0) is 6.42 Å². The van der Waals surface area contributed by atoms with Gasteiger partial charge in [-0.05, 0) is 43.9 Å². The Kier molecular flexibility index (Phi) is 6.20. The van der Waals surface area contributed by atoms with Gasteiger partial charge in [-0.3, -0.25) is 0 Å². The summed E-state index contributed by atoms with van der Waals surface area (Å²) in [4.78, 5) is 0. The second kappa shape index (κ2) is 7.48. The van der Waals surface area contributed by atoms with Gasteiger partial charge < -0.3 is 5.11 Å². The number of aryl methyl sites for hydroxylation is 1. The molecular formula is C14H19ClO. The molecule has 0 spiro atoms. The minimum Gasteiger partial charge on any atom is -0.389 e. The van der Waals surface area contributed by atoms with Gasteiger partial charge in [-0.25, -0.2) is 0 Å². The van der Waals surface area contributed by atoms with Crippen molar-refractivity contribution in [2.45, 2.75) is 38.7 Å². The number of unbranched alkanes of at least 4 members (excludes halogenated alkanes) is 1. The molecule has 1 aromatic carbocycles. The Hall–Kier alpha value is -0.790. The average Bonchev–Trinajstić information content (AvgIpc) is 2.27. The quantitative estimate of drug-likeness (QED) is 0.587. The summed E-state index contributed by atoms with van der Waals surface area (Å²) in [6, 6.07) is 7.96. The zero-order valence-corrected chi connectivity index (χ0v) is 10.5. The third-order valence-corrected chi connectivity index (χ3v) is 2.80. The van der Waals surface area contributed by atoms with E-state index in [1.54, 1.807) is 0 Å². The number of aliphatic hydroxyl groups excluding tert-OH is 1. The van der Waals surface area contributed by atoms with E-state index in [1.165, 1.54) is 5.56 Å². The van der Waals surface area contributed by atoms with Crippen LogP contribution in [0.4, 0.5) is 0 Å². The number of hydrogen-bond donors (Lipinski definition) is 1. The van der Waals surface area contributed by atoms with E-state index in [4.69, 9.17) is 11.6 Å². The molecule has 0 radical (unpaired) electrons. The summed E-state index contributed by atoms with van der Waals surface area (Å²) in [6.45, 7) is 1.93. The highest BCUT2D eigenvalue weighted by atomic mass is 35.5. The maximum absolute atomic E-state index is 9.48. The summed E-state index contributed by atoms with van der Waals surface area (Å²) < 4.78 is 0. The molecule has 0 aliphatic rings. The van der Waals surface area contributed by atoms with E-state index in [-0.39, 0.29) is 6.10 Å². The second-order valence-electron chi connectivity index (χ2n) is 3.97. The van der Waals surface area contributed by atoms with Gasteiger partial charge in [-0.1, -0.05) is 42.3 Å². The molecule has 0 amide bonds. The Morgan fingerprint density at radius 1 is 1.25 bits per heavy atom. The third kappa shape index (κ3) is 5.34. The smallest absolute Gasteiger partial charge is 0.0720 e. The largest absolute Gasteiger partial charge is 0.389 e. The molecule has 0 unspecified atom stereocenters. The number of halogens is 1. The van der Waals surface area contributed by atoms with Gasteiger partial charge in [0.25, 0.3) is 0 Å². The molecule has 0 heterocycles. The van der Waals surface area contributed by atoms with Gasteiger partial charge >= 0.3 is 0 Å². The first kappa shape index (κ1) is 13.3. The average molecular weight is 239 g/mol. The van der Waals surface area contributed by atoms with Crippen molar-refractivity contribution in [3.8, 4) is 0 Å². The minimum absolute atomic E-state index is 0.282. The molecule has 0 aromatic heterocycles. The van der Waals surface area contributed by atoms with E-state index in [9.17, 15) is 5.11 Å². The lowest BCUT2D eigenvalue weighted by atomic mass is 10.1. The number of aliphatic hydroxyl groups is 1. The molecule has 0 bridgehead atoms. The highest BCUT2D eigenvalue weighted by Gasteiger charge is 1.99. The highest BCUT2D eigenvalue weighted by molar-refractivity contribution is 6.30. The predicted octanol–water partition coefficient (Wildman–Crippen LogP) is 3.99. The standard InChI is InChI=1S/C14H19ClO/c1-2-5-14(16)7-4-3-6-12-8-10-13(15)11-9-12/h2,5,8-11,14,16H,3-4,6-7H2,1H3/b5-2+/t14-/m1/s1. The topological polar surface area (TPSA) is 20.2 Å². The molecule has 0 fully saturated rings. The van der Waals surface area contributed by atoms with E-state index < -0.39 is 0 Å². The summed E-state index contributed by atoms with van der Waals surface area (Å²) in [5.41, 5.74) is 1.31. The van der Waals surface area contributed by atoms with Crippen LogP contribution in [0.25, 0.3) is 0 Å². The van der Waals surface area contributed by atoms with Gasteiger partial charge in [-0.2, -0.15) is 0 Å². The predicted molar refractivity (Wildman–Crippen MR) is 69.8 cm³/mol. The van der Waals surface area contributed by atoms with Crippen molar-refractivity contribution in [2.75, 3.05) is 0 Å². The molecule has 0 aliphatic carbocycles. The molecule has 0 saturated carbocycles. The van der Waals surface area contributed by atoms with Gasteiger partial charge in [-0.15, -0.1) is 0 Å². The molecule has 1 N–H and O–H groups in total. The normalized spacial score (nSPS) is 13.2. The fourth-order valence-corrected chi connectivity index (χ4v) is 1.78. The van der Waals surface area contributed by atoms with Crippen LogP contribution in [0.3, 0.4) is 0 Å². The van der Waals surface area contributed by atoms with Crippen molar-refractivity contribution >= 4 is 11.6 Å². The SMILES string of the molecule is C/C=C/[C@@H](O)CCCCc1ccc(Cl)cc1. The van der Waals surface area contributed by atoms with E-state index >= 15 is 0 Å². The number of hydrogen-bond acceptors (Lipinski definition) is 1. The first-order valence-electron chi connectivity index (χ1n) is 5.77. The number of allylic oxidation sites excluding steroid dienone is 1. The highest BCUT2D eigenvalue weighted by Crippen LogP contribution is 2.12. The molecule has 1 nitrogen and oxygen atoms in total. The van der Waals surface area contributed by atoms with Gasteiger partial charge in [0.05, 0.1) is 6.10 Å². The maximum atomic E-state index is 9.48. The summed E-state index contributed by atoms with van der Waals surface area (Å²) in [6.07, 6.45) is 7.50. The summed E-state index contributed by atoms with van der Waals surface area (Å²) in [5.74, 6) is 0. The van der Waals surface area contributed by atoms with Gasteiger partial charge in [0.1, 0.15) is 0 Å². The van der Waals surface area contributed by atoms with Crippen LogP contribution in [0, 0.1) is 0 Å². The minimum atomic E-state index is -0.282. The van der Waals surface area contributed by atoms with Crippen LogP contribution in [-0.4, -0.2) is 11.2 Å². The van der Waals surface area contributed by atoms with E-state index in [0.29, 0.717) is 0 Å². The van der Waals surface area contributed by atoms with Crippen LogP contribution >= 0.6 is 11.6 Å². The second-order valence-corrected chi connectivity index (χ2v) is 4.40. The van der Waals surface area contributed by atoms with E-state index in [0.717, 1.165) is 30.7 Å². The molecule has 16 heavy (non-hydrogen) atoms. The molecular weight excluding hydrogens is 220 g/mol. The fraction of sp³-hybridized carbons (Fsp3) is 0.429. The zero-order chi connectivity index (χ0) is 11.8. The lowest BCUT2D eigenvalue weighted by molar-refractivity contribution is 0.208. The monoisotopic (exact) mass is 238 g/mol. The Bertz CT molecular complexity index is 316. The molecule has 88 valence electrons. The zero-order valence-electron chi connectivity index (χ0n) is 9.70. The first-order chi connectivity index (χ1) is 7.72. The Morgan fingerprint density at radius 3 is 2.56 bits per heavy atom. The Morgan fingerprint density at radius 2 is 1.94 bits per heavy atom. The van der Waals surface area contributed by atoms with Crippen molar-refractivity contribution in [3.05, 3.63) is 47.0 Å². The van der Waals surface area contributed by atoms with Crippen molar-refractivity contribution < 1.29 is 5.11 Å². The first-order valence-corrected chi connectivity index (χ1v) is 6.15. The summed E-state index contributed by atoms with van der Waals surface area (Å²) in [7, 11) is 0. The molecule has 1 atom stereocenters. The van der Waals surface area contributed by atoms with Crippen molar-refractivity contribution in [1.29, 1.82) is 0 Å². The Labute approximate surface area is 103 Å². The molecule has 0 saturated heterocycles. The van der Waals surface area contributed by atoms with Crippen molar-refractivity contribution in [1.82, 2.24) is 0 Å². The lowest BCUT2D eigenvalue weighted by Gasteiger charge is -2.05. The Balaban J connectivity index is 2.18. The van der Waals surface area contributed by atoms with Gasteiger partial charge in [0.2, 0.25) is 0 Å². The van der Waals surface area contributed by atoms with E-state index in [2.05, 4.69) is 12.1 Å². The van der Waals surface area contributed by atoms with Gasteiger partial charge in [0.15, 0.2) is 0 Å². The summed E-state index contributed by atoms with van der Waals surface area (Å²) >= 11 is 5.81. The van der Waals surface area contributed by atoms with Crippen LogP contribution in [0.1, 0.15) is 31.7 Å². The summed E-state index contributed by atoms with van der Waals surface area (Å²) in [5, 5.41) is 10.3. The van der Waals surface area contributed by atoms with Gasteiger partial charge in [0, 0.05) is 5.02 Å². The van der Waals surface area contributed by atoms with Crippen LogP contribution < -0.4 is 0 Å². The molecule has 1 rings (SSSR count). The van der Waals surface area contributed by atoms with E-state index in [1.807, 2.05) is 31.2 Å². The lowest BCUT2D eigenvalue weighted by Crippen LogP contribution is -2.01. The maximum Gasteiger partial charge on any atom is 0.0720 e. The van der Waals surface area contributed by atoms with Crippen LogP contribution in [0.5, 0.6) is 0 Å². The van der Waals surface area contributed by atoms with Crippen LogP contribution in [0.2, 0.25) is 5.02 Å². The fourth-order valence-electron chi connectivity index (χ4n) is 1.65. The van der Waals surface area contributed by atoms with Crippen molar-refractivity contribution in [2.24, 2.45) is 0 Å². The third-order valence-electron chi connectivity index (χ3n) is 2.54. The number of rotatable bonds is 6. The van der Waals surface area contributed by atoms with Crippen molar-refractivity contribution in [3.63, 3.8) is 0 Å². The molecule has 0 aliphatic heterocycles. The van der Waals surface area contributed by atoms with Crippen LogP contribution in [0.15, 0.2) is 36.4 Å². The molecule has 1 aromatic rings. The molecule has 2 heteroatoms.